The summed E-state index contributed by atoms with van der Waals surface area (Å²) in [5.74, 6) is -0.938. The van der Waals surface area contributed by atoms with Crippen molar-refractivity contribution >= 4 is 5.97 Å². The highest BCUT2D eigenvalue weighted by molar-refractivity contribution is 5.80. The van der Waals surface area contributed by atoms with Gasteiger partial charge in [0, 0.05) is 6.08 Å². The van der Waals surface area contributed by atoms with Crippen LogP contribution < -0.4 is 0 Å². The van der Waals surface area contributed by atoms with Crippen molar-refractivity contribution in [1.82, 2.24) is 0 Å². The van der Waals surface area contributed by atoms with Crippen LogP contribution in [-0.2, 0) is 4.79 Å². The number of hydrogen-bond acceptors (Lipinski definition) is 2. The number of aliphatic hydroxyl groups is 1. The zero-order chi connectivity index (χ0) is 17.2. The lowest BCUT2D eigenvalue weighted by Gasteiger charge is -2.09. The van der Waals surface area contributed by atoms with Gasteiger partial charge in [0.2, 0.25) is 0 Å². The molecule has 0 bridgehead atoms. The van der Waals surface area contributed by atoms with E-state index in [9.17, 15) is 9.90 Å². The second-order valence-electron chi connectivity index (χ2n) is 5.68. The van der Waals surface area contributed by atoms with Crippen molar-refractivity contribution in [1.29, 1.82) is 0 Å². The molecular weight excluding hydrogens is 288 g/mol. The predicted molar refractivity (Wildman–Crippen MR) is 97.4 cm³/mol. The summed E-state index contributed by atoms with van der Waals surface area (Å²) in [4.78, 5) is 10.2. The Morgan fingerprint density at radius 3 is 2.13 bits per heavy atom. The molecule has 0 radical (unpaired) electrons. The largest absolute Gasteiger partial charge is 0.478 e. The lowest BCUT2D eigenvalue weighted by molar-refractivity contribution is -0.131. The molecule has 2 N–H and O–H groups in total. The Morgan fingerprint density at radius 1 is 0.870 bits per heavy atom. The van der Waals surface area contributed by atoms with E-state index in [-0.39, 0.29) is 6.10 Å². The van der Waals surface area contributed by atoms with Gasteiger partial charge < -0.3 is 10.2 Å². The van der Waals surface area contributed by atoms with E-state index in [2.05, 4.69) is 13.0 Å². The van der Waals surface area contributed by atoms with Gasteiger partial charge in [0.25, 0.3) is 0 Å². The molecule has 0 aliphatic carbocycles. The molecule has 0 spiro atoms. The molecule has 0 unspecified atom stereocenters. The predicted octanol–water partition coefficient (Wildman–Crippen LogP) is 5.19. The fraction of sp³-hybridized carbons (Fsp3) is 0.550. The average Bonchev–Trinajstić information content (AvgIpc) is 2.51. The third kappa shape index (κ3) is 18.3. The summed E-state index contributed by atoms with van der Waals surface area (Å²) in [6.07, 6.45) is 23.9. The number of carbonyl (C=O) groups is 1. The third-order valence-corrected chi connectivity index (χ3v) is 3.48. The van der Waals surface area contributed by atoms with E-state index in [0.717, 1.165) is 44.6 Å². The molecule has 0 aliphatic rings. The summed E-state index contributed by atoms with van der Waals surface area (Å²) in [5.41, 5.74) is 0. The standard InChI is InChI=1S/C20H32O3/c1-2-3-13-16-19(21)17-14-11-9-7-5-4-6-8-10-12-15-18-20(22)23/h4-6,8,10,12,15,18-19,21H,2-3,7,9,11,13-14,16-17H2,1H3,(H,22,23)/t19-/m0/s1. The van der Waals surface area contributed by atoms with Crippen LogP contribution in [0.25, 0.3) is 0 Å². The van der Waals surface area contributed by atoms with Gasteiger partial charge in [-0.2, -0.15) is 0 Å². The van der Waals surface area contributed by atoms with Crippen LogP contribution in [0.4, 0.5) is 0 Å². The molecule has 1 atom stereocenters. The van der Waals surface area contributed by atoms with Crippen molar-refractivity contribution in [2.75, 3.05) is 0 Å². The molecule has 0 aromatic heterocycles. The van der Waals surface area contributed by atoms with Gasteiger partial charge in [-0.25, -0.2) is 4.79 Å². The second kappa shape index (κ2) is 16.8. The molecular formula is C20H32O3. The number of rotatable bonds is 14. The minimum atomic E-state index is -0.938. The van der Waals surface area contributed by atoms with Gasteiger partial charge in [0.15, 0.2) is 0 Å². The van der Waals surface area contributed by atoms with Crippen LogP contribution in [0.15, 0.2) is 48.6 Å². The van der Waals surface area contributed by atoms with Gasteiger partial charge in [0.05, 0.1) is 6.10 Å². The molecule has 0 saturated carbocycles. The number of aliphatic carboxylic acids is 1. The normalized spacial score (nSPS) is 13.8. The zero-order valence-electron chi connectivity index (χ0n) is 14.4. The Kier molecular flexibility index (Phi) is 15.6. The van der Waals surface area contributed by atoms with Gasteiger partial charge in [-0.3, -0.25) is 0 Å². The van der Waals surface area contributed by atoms with Crippen molar-refractivity contribution in [2.45, 2.75) is 70.8 Å². The molecule has 0 heterocycles. The smallest absolute Gasteiger partial charge is 0.328 e. The van der Waals surface area contributed by atoms with Crippen LogP contribution in [0.2, 0.25) is 0 Å². The van der Waals surface area contributed by atoms with Crippen LogP contribution in [0, 0.1) is 0 Å². The molecule has 0 aliphatic heterocycles. The SMILES string of the molecule is CCCCC[C@H](O)CCCCCC=CC=CC=CC=CC(=O)O. The minimum Gasteiger partial charge on any atom is -0.478 e. The molecule has 0 rings (SSSR count). The maximum atomic E-state index is 10.2. The average molecular weight is 320 g/mol. The Morgan fingerprint density at radius 2 is 1.48 bits per heavy atom. The molecule has 0 aromatic carbocycles. The first-order valence-corrected chi connectivity index (χ1v) is 8.74. The van der Waals surface area contributed by atoms with Crippen LogP contribution in [0.3, 0.4) is 0 Å². The van der Waals surface area contributed by atoms with E-state index < -0.39 is 5.97 Å². The van der Waals surface area contributed by atoms with Gasteiger partial charge in [-0.15, -0.1) is 0 Å². The fourth-order valence-corrected chi connectivity index (χ4v) is 2.16. The monoisotopic (exact) mass is 320 g/mol. The summed E-state index contributed by atoms with van der Waals surface area (Å²) >= 11 is 0. The number of carboxylic acids is 1. The summed E-state index contributed by atoms with van der Waals surface area (Å²) in [5, 5.41) is 18.2. The maximum absolute atomic E-state index is 10.2. The van der Waals surface area contributed by atoms with Crippen LogP contribution in [0.1, 0.15) is 64.7 Å². The summed E-state index contributed by atoms with van der Waals surface area (Å²) in [7, 11) is 0. The second-order valence-corrected chi connectivity index (χ2v) is 5.68. The van der Waals surface area contributed by atoms with Gasteiger partial charge in [-0.05, 0) is 25.7 Å². The van der Waals surface area contributed by atoms with Gasteiger partial charge in [-0.1, -0.05) is 81.6 Å². The lowest BCUT2D eigenvalue weighted by atomic mass is 10.0. The molecule has 0 amide bonds. The Bertz CT molecular complexity index is 392. The molecule has 23 heavy (non-hydrogen) atoms. The molecule has 0 saturated heterocycles. The highest BCUT2D eigenvalue weighted by Gasteiger charge is 2.02. The highest BCUT2D eigenvalue weighted by atomic mass is 16.4. The van der Waals surface area contributed by atoms with Gasteiger partial charge in [0.1, 0.15) is 0 Å². The van der Waals surface area contributed by atoms with Gasteiger partial charge >= 0.3 is 5.97 Å². The van der Waals surface area contributed by atoms with E-state index >= 15 is 0 Å². The van der Waals surface area contributed by atoms with Crippen molar-refractivity contribution in [3.8, 4) is 0 Å². The topological polar surface area (TPSA) is 57.5 Å². The summed E-state index contributed by atoms with van der Waals surface area (Å²) in [6.45, 7) is 2.18. The van der Waals surface area contributed by atoms with Crippen LogP contribution in [0.5, 0.6) is 0 Å². The Balaban J connectivity index is 3.48. The molecule has 0 aromatic rings. The van der Waals surface area contributed by atoms with Crippen LogP contribution in [-0.4, -0.2) is 22.3 Å². The quantitative estimate of drug-likeness (QED) is 0.263. The van der Waals surface area contributed by atoms with E-state index in [4.69, 9.17) is 5.11 Å². The van der Waals surface area contributed by atoms with E-state index in [0.29, 0.717) is 0 Å². The molecule has 130 valence electrons. The van der Waals surface area contributed by atoms with Crippen molar-refractivity contribution in [2.24, 2.45) is 0 Å². The molecule has 3 heteroatoms. The van der Waals surface area contributed by atoms with Crippen molar-refractivity contribution in [3.63, 3.8) is 0 Å². The number of aliphatic hydroxyl groups excluding tert-OH is 1. The van der Waals surface area contributed by atoms with E-state index in [1.807, 2.05) is 18.2 Å². The highest BCUT2D eigenvalue weighted by Crippen LogP contribution is 2.11. The zero-order valence-corrected chi connectivity index (χ0v) is 14.4. The summed E-state index contributed by atoms with van der Waals surface area (Å²) < 4.78 is 0. The number of allylic oxidation sites excluding steroid dienone is 7. The Hall–Kier alpha value is -1.61. The first kappa shape index (κ1) is 21.4. The third-order valence-electron chi connectivity index (χ3n) is 3.48. The number of unbranched alkanes of at least 4 members (excludes halogenated alkanes) is 5. The first-order chi connectivity index (χ1) is 11.2. The van der Waals surface area contributed by atoms with E-state index in [1.165, 1.54) is 25.3 Å². The number of hydrogen-bond donors (Lipinski definition) is 2. The van der Waals surface area contributed by atoms with Crippen LogP contribution >= 0.6 is 0 Å². The number of carboxylic acid groups (broad SMARTS) is 1. The first-order valence-electron chi connectivity index (χ1n) is 8.74. The maximum Gasteiger partial charge on any atom is 0.328 e. The Labute approximate surface area is 141 Å². The molecule has 3 nitrogen and oxygen atoms in total. The fourth-order valence-electron chi connectivity index (χ4n) is 2.16. The lowest BCUT2D eigenvalue weighted by Crippen LogP contribution is -2.05. The van der Waals surface area contributed by atoms with Crippen molar-refractivity contribution in [3.05, 3.63) is 48.6 Å². The van der Waals surface area contributed by atoms with E-state index in [1.54, 1.807) is 12.2 Å². The molecule has 0 fully saturated rings. The minimum absolute atomic E-state index is 0.109. The van der Waals surface area contributed by atoms with Crippen molar-refractivity contribution < 1.29 is 15.0 Å². The summed E-state index contributed by atoms with van der Waals surface area (Å²) in [6, 6.07) is 0.